The van der Waals surface area contributed by atoms with Crippen molar-refractivity contribution in [3.63, 3.8) is 0 Å². The molecule has 1 aliphatic rings. The third kappa shape index (κ3) is 2.16. The molecule has 5 heteroatoms. The Bertz CT molecular complexity index is 219. The Hall–Kier alpha value is -1.26. The molecule has 1 saturated heterocycles. The molecule has 14 heavy (non-hydrogen) atoms. The first-order valence-electron chi connectivity index (χ1n) is 4.78. The van der Waals surface area contributed by atoms with Crippen molar-refractivity contribution in [2.45, 2.75) is 32.2 Å². The van der Waals surface area contributed by atoms with Crippen molar-refractivity contribution in [1.29, 1.82) is 0 Å². The number of carboxylic acids is 1. The minimum atomic E-state index is -1.13. The average molecular weight is 201 g/mol. The maximum absolute atomic E-state index is 10.8. The number of rotatable bonds is 3. The Morgan fingerprint density at radius 2 is 2.07 bits per heavy atom. The minimum absolute atomic E-state index is 0.206. The molecule has 5 nitrogen and oxygen atoms in total. The zero-order valence-corrected chi connectivity index (χ0v) is 8.14. The van der Waals surface area contributed by atoms with Crippen LogP contribution in [0.3, 0.4) is 0 Å². The lowest BCUT2D eigenvalue weighted by Gasteiger charge is -2.16. The number of likely N-dealkylation sites (tertiary alicyclic amines) is 1. The van der Waals surface area contributed by atoms with Crippen molar-refractivity contribution in [2.75, 3.05) is 6.54 Å². The summed E-state index contributed by atoms with van der Waals surface area (Å²) in [7, 11) is 0. The monoisotopic (exact) mass is 201 g/mol. The SMILES string of the molecule is CCC[C@H]1C[C@@H](C(=O)O)N(C(=O)O)C1. The van der Waals surface area contributed by atoms with Gasteiger partial charge in [0.2, 0.25) is 0 Å². The van der Waals surface area contributed by atoms with E-state index in [0.717, 1.165) is 17.7 Å². The predicted octanol–water partition coefficient (Wildman–Crippen LogP) is 1.24. The van der Waals surface area contributed by atoms with Crippen LogP contribution in [0.1, 0.15) is 26.2 Å². The van der Waals surface area contributed by atoms with Gasteiger partial charge in [0.15, 0.2) is 0 Å². The molecule has 1 aliphatic heterocycles. The topological polar surface area (TPSA) is 77.8 Å². The maximum Gasteiger partial charge on any atom is 0.408 e. The van der Waals surface area contributed by atoms with Crippen molar-refractivity contribution in [1.82, 2.24) is 4.90 Å². The fraction of sp³-hybridized carbons (Fsp3) is 0.778. The standard InChI is InChI=1S/C9H15NO4/c1-2-3-6-4-7(8(11)12)10(5-6)9(13)14/h6-7H,2-5H2,1H3,(H,11,12)(H,13,14)/t6-,7-/m0/s1. The Balaban J connectivity index is 2.65. The van der Waals surface area contributed by atoms with E-state index in [2.05, 4.69) is 0 Å². The molecule has 0 aromatic rings. The summed E-state index contributed by atoms with van der Waals surface area (Å²) < 4.78 is 0. The second-order valence-corrected chi connectivity index (χ2v) is 3.68. The average Bonchev–Trinajstić information content (AvgIpc) is 2.49. The summed E-state index contributed by atoms with van der Waals surface area (Å²) in [5.74, 6) is -0.830. The van der Waals surface area contributed by atoms with Gasteiger partial charge < -0.3 is 10.2 Å². The summed E-state index contributed by atoms with van der Waals surface area (Å²) in [6.45, 7) is 2.37. The Morgan fingerprint density at radius 3 is 2.43 bits per heavy atom. The largest absolute Gasteiger partial charge is 0.480 e. The van der Waals surface area contributed by atoms with Gasteiger partial charge in [0.25, 0.3) is 0 Å². The molecule has 2 N–H and O–H groups in total. The number of amides is 1. The Labute approximate surface area is 82.3 Å². The molecule has 1 heterocycles. The van der Waals surface area contributed by atoms with Crippen molar-refractivity contribution in [3.8, 4) is 0 Å². The quantitative estimate of drug-likeness (QED) is 0.720. The van der Waals surface area contributed by atoms with Crippen molar-refractivity contribution in [3.05, 3.63) is 0 Å². The fourth-order valence-electron chi connectivity index (χ4n) is 1.99. The molecule has 0 saturated carbocycles. The lowest BCUT2D eigenvalue weighted by molar-refractivity contribution is -0.141. The van der Waals surface area contributed by atoms with Crippen LogP contribution in [0.25, 0.3) is 0 Å². The van der Waals surface area contributed by atoms with E-state index in [1.807, 2.05) is 6.92 Å². The van der Waals surface area contributed by atoms with E-state index in [-0.39, 0.29) is 5.92 Å². The van der Waals surface area contributed by atoms with Crippen LogP contribution in [0.2, 0.25) is 0 Å². The van der Waals surface area contributed by atoms with E-state index in [1.54, 1.807) is 0 Å². The minimum Gasteiger partial charge on any atom is -0.480 e. The van der Waals surface area contributed by atoms with E-state index in [4.69, 9.17) is 10.2 Å². The van der Waals surface area contributed by atoms with Gasteiger partial charge in [-0.1, -0.05) is 13.3 Å². The summed E-state index contributed by atoms with van der Waals surface area (Å²) in [5.41, 5.74) is 0. The molecule has 0 aliphatic carbocycles. The van der Waals surface area contributed by atoms with Gasteiger partial charge in [0, 0.05) is 6.54 Å². The lowest BCUT2D eigenvalue weighted by Crippen LogP contribution is -2.39. The molecule has 1 amide bonds. The highest BCUT2D eigenvalue weighted by molar-refractivity contribution is 5.80. The maximum atomic E-state index is 10.8. The zero-order chi connectivity index (χ0) is 10.7. The first kappa shape index (κ1) is 10.8. The van der Waals surface area contributed by atoms with E-state index in [0.29, 0.717) is 13.0 Å². The van der Waals surface area contributed by atoms with Crippen LogP contribution in [0.5, 0.6) is 0 Å². The van der Waals surface area contributed by atoms with Gasteiger partial charge in [-0.05, 0) is 18.8 Å². The molecular formula is C9H15NO4. The van der Waals surface area contributed by atoms with Gasteiger partial charge in [-0.25, -0.2) is 9.59 Å². The van der Waals surface area contributed by atoms with Crippen LogP contribution in [-0.2, 0) is 4.79 Å². The molecule has 80 valence electrons. The van der Waals surface area contributed by atoms with E-state index in [1.165, 1.54) is 0 Å². The third-order valence-electron chi connectivity index (χ3n) is 2.62. The van der Waals surface area contributed by atoms with E-state index >= 15 is 0 Å². The highest BCUT2D eigenvalue weighted by atomic mass is 16.4. The number of carbonyl (C=O) groups is 2. The summed E-state index contributed by atoms with van der Waals surface area (Å²) in [5, 5.41) is 17.6. The molecule has 0 aromatic carbocycles. The summed E-state index contributed by atoms with van der Waals surface area (Å²) in [6, 6.07) is -0.843. The van der Waals surface area contributed by atoms with Crippen LogP contribution in [0.15, 0.2) is 0 Å². The van der Waals surface area contributed by atoms with Gasteiger partial charge in [0.1, 0.15) is 6.04 Å². The van der Waals surface area contributed by atoms with Crippen molar-refractivity contribution < 1.29 is 19.8 Å². The first-order valence-corrected chi connectivity index (χ1v) is 4.78. The number of hydrogen-bond donors (Lipinski definition) is 2. The zero-order valence-electron chi connectivity index (χ0n) is 8.14. The van der Waals surface area contributed by atoms with Crippen LogP contribution < -0.4 is 0 Å². The van der Waals surface area contributed by atoms with Crippen LogP contribution >= 0.6 is 0 Å². The summed E-state index contributed by atoms with van der Waals surface area (Å²) >= 11 is 0. The molecule has 0 unspecified atom stereocenters. The second kappa shape index (κ2) is 4.30. The Kier molecular flexibility index (Phi) is 3.33. The number of carboxylic acid groups (broad SMARTS) is 2. The third-order valence-corrected chi connectivity index (χ3v) is 2.62. The molecule has 0 spiro atoms. The molecule has 0 bridgehead atoms. The highest BCUT2D eigenvalue weighted by Gasteiger charge is 2.39. The van der Waals surface area contributed by atoms with E-state index < -0.39 is 18.1 Å². The van der Waals surface area contributed by atoms with Gasteiger partial charge in [-0.15, -0.1) is 0 Å². The normalized spacial score (nSPS) is 26.5. The molecule has 0 radical (unpaired) electrons. The smallest absolute Gasteiger partial charge is 0.408 e. The lowest BCUT2D eigenvalue weighted by atomic mass is 10.0. The van der Waals surface area contributed by atoms with Crippen LogP contribution in [-0.4, -0.2) is 39.8 Å². The Morgan fingerprint density at radius 1 is 1.43 bits per heavy atom. The van der Waals surface area contributed by atoms with Gasteiger partial charge >= 0.3 is 12.1 Å². The summed E-state index contributed by atoms with van der Waals surface area (Å²) in [6.07, 6.45) is 1.18. The van der Waals surface area contributed by atoms with Gasteiger partial charge in [-0.3, -0.25) is 4.90 Å². The molecule has 1 fully saturated rings. The van der Waals surface area contributed by atoms with Crippen molar-refractivity contribution >= 4 is 12.1 Å². The summed E-state index contributed by atoms with van der Waals surface area (Å²) in [4.78, 5) is 22.5. The molecule has 1 rings (SSSR count). The first-order chi connectivity index (χ1) is 6.56. The molecule has 0 aromatic heterocycles. The van der Waals surface area contributed by atoms with Crippen LogP contribution in [0.4, 0.5) is 4.79 Å². The second-order valence-electron chi connectivity index (χ2n) is 3.68. The fourth-order valence-corrected chi connectivity index (χ4v) is 1.99. The predicted molar refractivity (Wildman–Crippen MR) is 49.2 cm³/mol. The van der Waals surface area contributed by atoms with E-state index in [9.17, 15) is 9.59 Å². The molecular weight excluding hydrogens is 186 g/mol. The van der Waals surface area contributed by atoms with Gasteiger partial charge in [-0.2, -0.15) is 0 Å². The van der Waals surface area contributed by atoms with Gasteiger partial charge in [0.05, 0.1) is 0 Å². The number of nitrogens with zero attached hydrogens (tertiary/aromatic N) is 1. The number of hydrogen-bond acceptors (Lipinski definition) is 2. The highest BCUT2D eigenvalue weighted by Crippen LogP contribution is 2.26. The van der Waals surface area contributed by atoms with Crippen molar-refractivity contribution in [2.24, 2.45) is 5.92 Å². The van der Waals surface area contributed by atoms with Crippen LogP contribution in [0, 0.1) is 5.92 Å². The molecule has 2 atom stereocenters. The number of aliphatic carboxylic acids is 1.